The molecule has 3 unspecified atom stereocenters. The van der Waals surface area contributed by atoms with Crippen LogP contribution >= 0.6 is 11.8 Å². The van der Waals surface area contributed by atoms with E-state index in [1.165, 1.54) is 37.9 Å². The molecule has 1 aliphatic carbocycles. The van der Waals surface area contributed by atoms with Crippen LogP contribution in [-0.4, -0.2) is 11.0 Å². The molecule has 0 nitrogen and oxygen atoms in total. The lowest BCUT2D eigenvalue weighted by atomic mass is 9.77. The van der Waals surface area contributed by atoms with E-state index in [0.717, 1.165) is 17.1 Å². The van der Waals surface area contributed by atoms with Gasteiger partial charge in [0.25, 0.3) is 0 Å². The molecule has 70 valence electrons. The summed E-state index contributed by atoms with van der Waals surface area (Å²) in [7, 11) is 0. The second-order valence-corrected chi connectivity index (χ2v) is 5.74. The highest BCUT2D eigenvalue weighted by atomic mass is 32.2. The van der Waals surface area contributed by atoms with Gasteiger partial charge in [-0.05, 0) is 36.9 Å². The summed E-state index contributed by atoms with van der Waals surface area (Å²) in [6.45, 7) is 2.35. The zero-order valence-corrected chi connectivity index (χ0v) is 8.91. The smallest absolute Gasteiger partial charge is 0.00472 e. The highest BCUT2D eigenvalue weighted by Crippen LogP contribution is 2.42. The fourth-order valence-electron chi connectivity index (χ4n) is 2.76. The third kappa shape index (κ3) is 1.81. The molecule has 0 radical (unpaired) electrons. The van der Waals surface area contributed by atoms with Crippen LogP contribution in [-0.2, 0) is 0 Å². The van der Waals surface area contributed by atoms with Gasteiger partial charge in [0.2, 0.25) is 0 Å². The molecule has 0 aromatic rings. The Labute approximate surface area is 80.5 Å². The van der Waals surface area contributed by atoms with Gasteiger partial charge in [-0.3, -0.25) is 0 Å². The van der Waals surface area contributed by atoms with Crippen molar-refractivity contribution >= 4 is 11.8 Å². The third-order valence-electron chi connectivity index (χ3n) is 3.63. The summed E-state index contributed by atoms with van der Waals surface area (Å²) in [5, 5.41) is 1.00. The molecular weight excluding hydrogens is 164 g/mol. The van der Waals surface area contributed by atoms with E-state index in [9.17, 15) is 0 Å². The van der Waals surface area contributed by atoms with Crippen LogP contribution in [0.2, 0.25) is 0 Å². The Bertz CT molecular complexity index is 144. The van der Waals surface area contributed by atoms with Gasteiger partial charge < -0.3 is 0 Å². The molecule has 3 atom stereocenters. The van der Waals surface area contributed by atoms with E-state index in [1.54, 1.807) is 6.42 Å². The Balaban J connectivity index is 1.90. The number of fused-ring (bicyclic) bond motifs is 1. The minimum Gasteiger partial charge on any atom is -0.158 e. The van der Waals surface area contributed by atoms with E-state index in [0.29, 0.717) is 0 Å². The molecule has 0 spiro atoms. The zero-order chi connectivity index (χ0) is 8.39. The highest BCUT2D eigenvalue weighted by Gasteiger charge is 2.31. The normalized spacial score (nSPS) is 42.2. The SMILES string of the molecule is CCC1CC2CCCCC2CS1. The van der Waals surface area contributed by atoms with Gasteiger partial charge in [-0.1, -0.05) is 26.2 Å². The summed E-state index contributed by atoms with van der Waals surface area (Å²) in [5.74, 6) is 3.69. The largest absolute Gasteiger partial charge is 0.158 e. The van der Waals surface area contributed by atoms with E-state index in [1.807, 2.05) is 0 Å². The average Bonchev–Trinajstić information content (AvgIpc) is 2.17. The lowest BCUT2D eigenvalue weighted by molar-refractivity contribution is 0.235. The van der Waals surface area contributed by atoms with Crippen molar-refractivity contribution in [2.75, 3.05) is 5.75 Å². The summed E-state index contributed by atoms with van der Waals surface area (Å²) in [4.78, 5) is 0. The molecule has 2 rings (SSSR count). The van der Waals surface area contributed by atoms with Crippen LogP contribution in [0.15, 0.2) is 0 Å². The third-order valence-corrected chi connectivity index (χ3v) is 5.25. The van der Waals surface area contributed by atoms with E-state index >= 15 is 0 Å². The van der Waals surface area contributed by atoms with Crippen LogP contribution in [0.4, 0.5) is 0 Å². The summed E-state index contributed by atoms with van der Waals surface area (Å²) in [6, 6.07) is 0. The minimum absolute atomic E-state index is 1.00. The second-order valence-electron chi connectivity index (χ2n) is 4.40. The van der Waals surface area contributed by atoms with Crippen molar-refractivity contribution in [1.29, 1.82) is 0 Å². The molecule has 12 heavy (non-hydrogen) atoms. The number of hydrogen-bond acceptors (Lipinski definition) is 1. The monoisotopic (exact) mass is 184 g/mol. The van der Waals surface area contributed by atoms with Crippen molar-refractivity contribution in [2.24, 2.45) is 11.8 Å². The first kappa shape index (κ1) is 8.93. The van der Waals surface area contributed by atoms with E-state index in [4.69, 9.17) is 0 Å². The molecule has 2 aliphatic rings. The van der Waals surface area contributed by atoms with Gasteiger partial charge in [0.05, 0.1) is 0 Å². The van der Waals surface area contributed by atoms with Crippen molar-refractivity contribution in [2.45, 2.75) is 50.7 Å². The van der Waals surface area contributed by atoms with Crippen molar-refractivity contribution in [3.63, 3.8) is 0 Å². The van der Waals surface area contributed by atoms with Crippen LogP contribution in [0.1, 0.15) is 45.4 Å². The van der Waals surface area contributed by atoms with Crippen molar-refractivity contribution < 1.29 is 0 Å². The van der Waals surface area contributed by atoms with Crippen LogP contribution in [0.3, 0.4) is 0 Å². The Kier molecular flexibility index (Phi) is 3.00. The zero-order valence-electron chi connectivity index (χ0n) is 8.09. The standard InChI is InChI=1S/C11H20S/c1-2-11-7-9-5-3-4-6-10(9)8-12-11/h9-11H,2-8H2,1H3. The average molecular weight is 184 g/mol. The molecule has 1 heteroatoms. The molecule has 0 bridgehead atoms. The summed E-state index contributed by atoms with van der Waals surface area (Å²) in [5.41, 5.74) is 0. The van der Waals surface area contributed by atoms with Crippen LogP contribution in [0.25, 0.3) is 0 Å². The van der Waals surface area contributed by atoms with Gasteiger partial charge in [-0.15, -0.1) is 0 Å². The first-order valence-corrected chi connectivity index (χ1v) is 6.56. The predicted octanol–water partition coefficient (Wildman–Crippen LogP) is 3.71. The Morgan fingerprint density at radius 1 is 1.17 bits per heavy atom. The van der Waals surface area contributed by atoms with Crippen molar-refractivity contribution in [3.8, 4) is 0 Å². The lowest BCUT2D eigenvalue weighted by Gasteiger charge is -2.38. The number of thioether (sulfide) groups is 1. The molecule has 0 amide bonds. The molecule has 0 aromatic carbocycles. The Hall–Kier alpha value is 0.350. The molecule has 1 heterocycles. The van der Waals surface area contributed by atoms with Gasteiger partial charge in [-0.2, -0.15) is 11.8 Å². The summed E-state index contributed by atoms with van der Waals surface area (Å²) >= 11 is 2.25. The first-order valence-electron chi connectivity index (χ1n) is 5.51. The fraction of sp³-hybridized carbons (Fsp3) is 1.00. The topological polar surface area (TPSA) is 0 Å². The maximum atomic E-state index is 2.35. The summed E-state index contributed by atoms with van der Waals surface area (Å²) in [6.07, 6.45) is 9.04. The molecule has 0 aromatic heterocycles. The predicted molar refractivity (Wildman–Crippen MR) is 56.6 cm³/mol. The van der Waals surface area contributed by atoms with Crippen LogP contribution in [0, 0.1) is 11.8 Å². The van der Waals surface area contributed by atoms with Crippen LogP contribution in [0.5, 0.6) is 0 Å². The van der Waals surface area contributed by atoms with Crippen molar-refractivity contribution in [3.05, 3.63) is 0 Å². The lowest BCUT2D eigenvalue weighted by Crippen LogP contribution is -2.29. The van der Waals surface area contributed by atoms with Crippen LogP contribution < -0.4 is 0 Å². The van der Waals surface area contributed by atoms with Gasteiger partial charge in [0, 0.05) is 5.25 Å². The van der Waals surface area contributed by atoms with Gasteiger partial charge in [0.15, 0.2) is 0 Å². The van der Waals surface area contributed by atoms with Gasteiger partial charge >= 0.3 is 0 Å². The molecule has 2 fully saturated rings. The fourth-order valence-corrected chi connectivity index (χ4v) is 4.34. The Morgan fingerprint density at radius 3 is 2.67 bits per heavy atom. The molecule has 0 N–H and O–H groups in total. The van der Waals surface area contributed by atoms with Crippen molar-refractivity contribution in [1.82, 2.24) is 0 Å². The number of rotatable bonds is 1. The highest BCUT2D eigenvalue weighted by molar-refractivity contribution is 7.99. The minimum atomic E-state index is 1.00. The molecule has 1 saturated carbocycles. The first-order chi connectivity index (χ1) is 5.90. The second kappa shape index (κ2) is 4.04. The van der Waals surface area contributed by atoms with Gasteiger partial charge in [-0.25, -0.2) is 0 Å². The molecule has 1 aliphatic heterocycles. The molecule has 1 saturated heterocycles. The number of hydrogen-bond donors (Lipinski definition) is 0. The van der Waals surface area contributed by atoms with Gasteiger partial charge in [0.1, 0.15) is 0 Å². The molecular formula is C11H20S. The van der Waals surface area contributed by atoms with E-state index in [-0.39, 0.29) is 0 Å². The summed E-state index contributed by atoms with van der Waals surface area (Å²) < 4.78 is 0. The Morgan fingerprint density at radius 2 is 1.92 bits per heavy atom. The quantitative estimate of drug-likeness (QED) is 0.598. The van der Waals surface area contributed by atoms with E-state index in [2.05, 4.69) is 18.7 Å². The maximum Gasteiger partial charge on any atom is 0.00472 e. The maximum absolute atomic E-state index is 2.35. The van der Waals surface area contributed by atoms with E-state index < -0.39 is 0 Å².